The summed E-state index contributed by atoms with van der Waals surface area (Å²) >= 11 is 0. The second kappa shape index (κ2) is 12.4. The lowest BCUT2D eigenvalue weighted by atomic mass is 9.82. The van der Waals surface area contributed by atoms with Gasteiger partial charge in [-0.15, -0.1) is 0 Å². The molecule has 1 fully saturated rings. The van der Waals surface area contributed by atoms with Gasteiger partial charge in [-0.1, -0.05) is 38.5 Å². The number of hydrogen-bond acceptors (Lipinski definition) is 7. The van der Waals surface area contributed by atoms with Crippen molar-refractivity contribution in [2.24, 2.45) is 5.92 Å². The van der Waals surface area contributed by atoms with E-state index in [1.807, 2.05) is 56.3 Å². The molecule has 0 bridgehead atoms. The van der Waals surface area contributed by atoms with E-state index in [1.54, 1.807) is 11.4 Å². The van der Waals surface area contributed by atoms with Crippen molar-refractivity contribution in [1.82, 2.24) is 9.21 Å². The number of sulfonamides is 1. The Morgan fingerprint density at radius 2 is 1.76 bits per heavy atom. The third kappa shape index (κ3) is 6.08. The molecule has 2 heterocycles. The zero-order chi connectivity index (χ0) is 27.3. The van der Waals surface area contributed by atoms with Gasteiger partial charge in [0.15, 0.2) is 11.5 Å². The van der Waals surface area contributed by atoms with Crippen LogP contribution < -0.4 is 14.2 Å². The first-order valence-corrected chi connectivity index (χ1v) is 14.9. The van der Waals surface area contributed by atoms with Crippen LogP contribution >= 0.6 is 0 Å². The summed E-state index contributed by atoms with van der Waals surface area (Å²) < 4.78 is 43.9. The number of carboxylic acids is 1. The molecule has 1 saturated heterocycles. The summed E-state index contributed by atoms with van der Waals surface area (Å²) in [5.41, 5.74) is 1.72. The van der Waals surface area contributed by atoms with E-state index in [4.69, 9.17) is 14.2 Å². The van der Waals surface area contributed by atoms with Crippen molar-refractivity contribution in [3.8, 4) is 17.2 Å². The van der Waals surface area contributed by atoms with Crippen LogP contribution in [0, 0.1) is 5.92 Å². The predicted octanol–water partition coefficient (Wildman–Crippen LogP) is 4.11. The van der Waals surface area contributed by atoms with Crippen LogP contribution in [0.2, 0.25) is 0 Å². The van der Waals surface area contributed by atoms with Gasteiger partial charge in [0.25, 0.3) is 0 Å². The smallest absolute Gasteiger partial charge is 0.309 e. The van der Waals surface area contributed by atoms with Gasteiger partial charge in [0.05, 0.1) is 18.8 Å². The van der Waals surface area contributed by atoms with Gasteiger partial charge in [-0.05, 0) is 48.2 Å². The molecular formula is C28H38N2O7S. The number of unbranched alkanes of at least 4 members (excludes halogenated alkanes) is 1. The molecule has 2 aliphatic rings. The quantitative estimate of drug-likeness (QED) is 0.400. The molecule has 0 saturated carbocycles. The number of carbonyl (C=O) groups is 1. The minimum Gasteiger partial charge on any atom is -0.497 e. The first-order valence-electron chi connectivity index (χ1n) is 13.3. The number of fused-ring (bicyclic) bond motifs is 1. The van der Waals surface area contributed by atoms with Gasteiger partial charge in [0.2, 0.25) is 16.8 Å². The van der Waals surface area contributed by atoms with Crippen molar-refractivity contribution in [2.45, 2.75) is 45.1 Å². The molecule has 2 aromatic carbocycles. The van der Waals surface area contributed by atoms with E-state index in [0.717, 1.165) is 24.0 Å². The molecule has 0 aromatic heterocycles. The molecule has 3 unspecified atom stereocenters. The average Bonchev–Trinajstić information content (AvgIpc) is 3.53. The fourth-order valence-electron chi connectivity index (χ4n) is 5.49. The zero-order valence-corrected chi connectivity index (χ0v) is 23.2. The Hall–Kier alpha value is -2.82. The predicted molar refractivity (Wildman–Crippen MR) is 144 cm³/mol. The molecule has 0 spiro atoms. The molecule has 3 atom stereocenters. The van der Waals surface area contributed by atoms with Crippen LogP contribution in [-0.2, 0) is 14.8 Å². The number of nitrogens with zero attached hydrogens (tertiary/aromatic N) is 2. The fourth-order valence-corrected chi connectivity index (χ4v) is 7.03. The number of carboxylic acid groups (broad SMARTS) is 1. The van der Waals surface area contributed by atoms with E-state index in [0.29, 0.717) is 49.8 Å². The number of rotatable bonds is 13. The minimum absolute atomic E-state index is 0.107. The number of hydrogen-bond donors (Lipinski definition) is 1. The van der Waals surface area contributed by atoms with E-state index < -0.39 is 28.0 Å². The third-order valence-corrected chi connectivity index (χ3v) is 9.49. The van der Waals surface area contributed by atoms with Crippen molar-refractivity contribution in [3.05, 3.63) is 53.6 Å². The molecule has 2 aliphatic heterocycles. The highest BCUT2D eigenvalue weighted by Crippen LogP contribution is 2.47. The molecule has 4 rings (SSSR count). The molecule has 0 amide bonds. The molecule has 0 aliphatic carbocycles. The van der Waals surface area contributed by atoms with Crippen LogP contribution in [0.15, 0.2) is 42.5 Å². The van der Waals surface area contributed by atoms with Gasteiger partial charge in [-0.25, -0.2) is 12.7 Å². The average molecular weight is 547 g/mol. The van der Waals surface area contributed by atoms with Crippen LogP contribution in [0.1, 0.15) is 56.2 Å². The molecule has 38 heavy (non-hydrogen) atoms. The van der Waals surface area contributed by atoms with Gasteiger partial charge in [-0.2, -0.15) is 0 Å². The molecule has 10 heteroatoms. The van der Waals surface area contributed by atoms with E-state index in [9.17, 15) is 18.3 Å². The summed E-state index contributed by atoms with van der Waals surface area (Å²) in [6, 6.07) is 12.6. The lowest BCUT2D eigenvalue weighted by Crippen LogP contribution is -2.40. The first kappa shape index (κ1) is 28.2. The molecule has 1 N–H and O–H groups in total. The van der Waals surface area contributed by atoms with Crippen molar-refractivity contribution in [3.63, 3.8) is 0 Å². The summed E-state index contributed by atoms with van der Waals surface area (Å²) in [5.74, 6) is 0.116. The van der Waals surface area contributed by atoms with Crippen molar-refractivity contribution < 1.29 is 32.5 Å². The maximum Gasteiger partial charge on any atom is 0.309 e. The van der Waals surface area contributed by atoms with Crippen molar-refractivity contribution >= 4 is 16.0 Å². The van der Waals surface area contributed by atoms with Crippen LogP contribution in [0.3, 0.4) is 0 Å². The lowest BCUT2D eigenvalue weighted by molar-refractivity contribution is -0.143. The third-order valence-electron chi connectivity index (χ3n) is 7.42. The Labute approximate surface area is 225 Å². The summed E-state index contributed by atoms with van der Waals surface area (Å²) in [7, 11) is -1.79. The Balaban J connectivity index is 1.67. The first-order chi connectivity index (χ1) is 18.3. The van der Waals surface area contributed by atoms with Crippen LogP contribution in [-0.4, -0.2) is 74.5 Å². The van der Waals surface area contributed by atoms with Crippen molar-refractivity contribution in [2.75, 3.05) is 45.8 Å². The van der Waals surface area contributed by atoms with E-state index in [-0.39, 0.29) is 18.5 Å². The Morgan fingerprint density at radius 3 is 2.42 bits per heavy atom. The largest absolute Gasteiger partial charge is 0.497 e. The van der Waals surface area contributed by atoms with Gasteiger partial charge >= 0.3 is 5.97 Å². The molecule has 0 radical (unpaired) electrons. The number of methoxy groups -OCH3 is 1. The molecule has 208 valence electrons. The lowest BCUT2D eigenvalue weighted by Gasteiger charge is -2.30. The number of ether oxygens (including phenoxy) is 3. The topological polar surface area (TPSA) is 106 Å². The maximum atomic E-state index is 13.0. The number of aliphatic carboxylic acids is 1. The van der Waals surface area contributed by atoms with Gasteiger partial charge < -0.3 is 19.3 Å². The van der Waals surface area contributed by atoms with Gasteiger partial charge in [-0.3, -0.25) is 9.69 Å². The summed E-state index contributed by atoms with van der Waals surface area (Å²) in [6.45, 7) is 5.73. The Morgan fingerprint density at radius 1 is 1.05 bits per heavy atom. The number of likely N-dealkylation sites (tertiary alicyclic amines) is 1. The Bertz CT molecular complexity index is 1200. The monoisotopic (exact) mass is 546 g/mol. The number of benzene rings is 2. The van der Waals surface area contributed by atoms with Gasteiger partial charge in [0.1, 0.15) is 5.75 Å². The van der Waals surface area contributed by atoms with Crippen LogP contribution in [0.5, 0.6) is 17.2 Å². The fraction of sp³-hybridized carbons (Fsp3) is 0.536. The SMILES string of the molecule is CCCCN(CCN1CC(c2ccc3c(c2)OCO3)C(C(=O)O)C1c1ccc(OC)cc1)S(=O)(=O)CCC. The Kier molecular flexibility index (Phi) is 9.17. The highest BCUT2D eigenvalue weighted by atomic mass is 32.2. The standard InChI is InChI=1S/C28H38N2O7S/c1-4-6-13-30(38(33,34)16-5-2)15-14-29-18-23(21-9-12-24-25(17-21)37-19-36-24)26(28(31)32)27(29)20-7-10-22(35-3)11-8-20/h7-12,17,23,26-27H,4-6,13-16,18-19H2,1-3H3,(H,31,32). The zero-order valence-electron chi connectivity index (χ0n) is 22.3. The highest BCUT2D eigenvalue weighted by molar-refractivity contribution is 7.89. The van der Waals surface area contributed by atoms with Crippen LogP contribution in [0.25, 0.3) is 0 Å². The second-order valence-electron chi connectivity index (χ2n) is 9.86. The maximum absolute atomic E-state index is 13.0. The minimum atomic E-state index is -3.39. The van der Waals surface area contributed by atoms with E-state index >= 15 is 0 Å². The summed E-state index contributed by atoms with van der Waals surface area (Å²) in [6.07, 6.45) is 2.22. The highest BCUT2D eigenvalue weighted by Gasteiger charge is 2.47. The summed E-state index contributed by atoms with van der Waals surface area (Å²) in [5, 5.41) is 10.5. The molecular weight excluding hydrogens is 508 g/mol. The molecule has 9 nitrogen and oxygen atoms in total. The van der Waals surface area contributed by atoms with E-state index in [1.165, 1.54) is 0 Å². The van der Waals surface area contributed by atoms with Crippen molar-refractivity contribution in [1.29, 1.82) is 0 Å². The second-order valence-corrected chi connectivity index (χ2v) is 12.0. The van der Waals surface area contributed by atoms with Gasteiger partial charge in [0, 0.05) is 38.1 Å². The van der Waals surface area contributed by atoms with Crippen LogP contribution in [0.4, 0.5) is 0 Å². The van der Waals surface area contributed by atoms with E-state index in [2.05, 4.69) is 4.90 Å². The normalized spacial score (nSPS) is 21.2. The summed E-state index contributed by atoms with van der Waals surface area (Å²) in [4.78, 5) is 14.9. The molecule has 2 aromatic rings.